The fraction of sp³-hybridized carbons (Fsp3) is 1.00. The predicted octanol–water partition coefficient (Wildman–Crippen LogP) is 1.88. The van der Waals surface area contributed by atoms with Gasteiger partial charge in [0.15, 0.2) is 0 Å². The average Bonchev–Trinajstić information content (AvgIpc) is 2.56. The third-order valence-corrected chi connectivity index (χ3v) is 6.56. The number of hydrogen-bond donors (Lipinski definition) is 3. The molecule has 3 N–H and O–H groups in total. The van der Waals surface area contributed by atoms with E-state index in [4.69, 9.17) is 0 Å². The standard InChI is InChI=1S/C9H18NO3PS/c1-8(2)7(14(11,12)13)10-9(15-8)5-3-4-6-9/h7,10H,3-6H2,1-2H3,(H2,11,12,13). The van der Waals surface area contributed by atoms with Gasteiger partial charge < -0.3 is 9.79 Å². The van der Waals surface area contributed by atoms with Crippen LogP contribution < -0.4 is 5.32 Å². The molecule has 0 radical (unpaired) electrons. The molecule has 2 fully saturated rings. The smallest absolute Gasteiger partial charge is 0.323 e. The van der Waals surface area contributed by atoms with Crippen molar-refractivity contribution in [3.63, 3.8) is 0 Å². The molecule has 1 saturated heterocycles. The Balaban J connectivity index is 2.25. The summed E-state index contributed by atoms with van der Waals surface area (Å²) in [5.41, 5.74) is 0. The zero-order valence-electron chi connectivity index (χ0n) is 9.06. The van der Waals surface area contributed by atoms with Gasteiger partial charge in [-0.05, 0) is 26.7 Å². The maximum Gasteiger partial charge on any atom is 0.343 e. The summed E-state index contributed by atoms with van der Waals surface area (Å²) in [5.74, 6) is -0.701. The predicted molar refractivity (Wildman–Crippen MR) is 61.8 cm³/mol. The van der Waals surface area contributed by atoms with E-state index in [1.165, 1.54) is 0 Å². The normalized spacial score (nSPS) is 33.7. The molecular formula is C9H18NO3PS. The van der Waals surface area contributed by atoms with E-state index in [1.54, 1.807) is 11.8 Å². The van der Waals surface area contributed by atoms with E-state index in [2.05, 4.69) is 5.32 Å². The molecule has 2 aliphatic rings. The molecular weight excluding hydrogens is 233 g/mol. The highest BCUT2D eigenvalue weighted by molar-refractivity contribution is 8.02. The van der Waals surface area contributed by atoms with Crippen molar-refractivity contribution in [1.82, 2.24) is 5.32 Å². The monoisotopic (exact) mass is 251 g/mol. The maximum atomic E-state index is 11.4. The number of nitrogens with one attached hydrogen (secondary N) is 1. The molecule has 2 rings (SSSR count). The molecule has 0 amide bonds. The van der Waals surface area contributed by atoms with Gasteiger partial charge in [-0.1, -0.05) is 12.8 Å². The lowest BCUT2D eigenvalue weighted by Crippen LogP contribution is -2.42. The minimum absolute atomic E-state index is 0.0741. The molecule has 1 aliphatic heterocycles. The summed E-state index contributed by atoms with van der Waals surface area (Å²) in [6.07, 6.45) is 4.36. The van der Waals surface area contributed by atoms with Crippen molar-refractivity contribution in [1.29, 1.82) is 0 Å². The van der Waals surface area contributed by atoms with E-state index < -0.39 is 13.4 Å². The largest absolute Gasteiger partial charge is 0.343 e. The molecule has 1 atom stereocenters. The average molecular weight is 251 g/mol. The van der Waals surface area contributed by atoms with Gasteiger partial charge in [0.25, 0.3) is 0 Å². The van der Waals surface area contributed by atoms with Gasteiger partial charge >= 0.3 is 7.60 Å². The first-order valence-corrected chi connectivity index (χ1v) is 7.78. The number of rotatable bonds is 1. The van der Waals surface area contributed by atoms with Crippen LogP contribution in [0.15, 0.2) is 0 Å². The fourth-order valence-electron chi connectivity index (χ4n) is 2.69. The first kappa shape index (κ1) is 11.9. The van der Waals surface area contributed by atoms with E-state index >= 15 is 0 Å². The molecule has 1 saturated carbocycles. The topological polar surface area (TPSA) is 69.6 Å². The van der Waals surface area contributed by atoms with E-state index in [-0.39, 0.29) is 9.62 Å². The molecule has 1 spiro atoms. The van der Waals surface area contributed by atoms with Crippen molar-refractivity contribution >= 4 is 19.4 Å². The Morgan fingerprint density at radius 3 is 2.27 bits per heavy atom. The van der Waals surface area contributed by atoms with Gasteiger partial charge in [-0.25, -0.2) is 0 Å². The quantitative estimate of drug-likeness (QED) is 0.621. The lowest BCUT2D eigenvalue weighted by atomic mass is 10.2. The van der Waals surface area contributed by atoms with Gasteiger partial charge in [-0.3, -0.25) is 9.88 Å². The van der Waals surface area contributed by atoms with Crippen LogP contribution in [0, 0.1) is 0 Å². The summed E-state index contributed by atoms with van der Waals surface area (Å²) in [5, 5.41) is 3.20. The van der Waals surface area contributed by atoms with Crippen molar-refractivity contribution in [3.8, 4) is 0 Å². The van der Waals surface area contributed by atoms with Crippen LogP contribution in [0.3, 0.4) is 0 Å². The molecule has 88 valence electrons. The third kappa shape index (κ3) is 2.13. The second-order valence-corrected chi connectivity index (χ2v) is 8.78. The Labute approximate surface area is 94.4 Å². The van der Waals surface area contributed by atoms with Gasteiger partial charge in [0.05, 0.1) is 4.87 Å². The Bertz CT molecular complexity index is 308. The third-order valence-electron chi connectivity index (χ3n) is 3.26. The molecule has 6 heteroatoms. The molecule has 1 unspecified atom stereocenters. The van der Waals surface area contributed by atoms with Gasteiger partial charge in [0, 0.05) is 4.75 Å². The Morgan fingerprint density at radius 2 is 1.87 bits per heavy atom. The zero-order valence-corrected chi connectivity index (χ0v) is 10.8. The van der Waals surface area contributed by atoms with Gasteiger partial charge in [0.1, 0.15) is 5.78 Å². The Kier molecular flexibility index (Phi) is 2.76. The molecule has 15 heavy (non-hydrogen) atoms. The molecule has 1 aliphatic carbocycles. The molecule has 0 aromatic carbocycles. The van der Waals surface area contributed by atoms with Crippen molar-refractivity contribution in [2.45, 2.75) is 54.9 Å². The highest BCUT2D eigenvalue weighted by Gasteiger charge is 2.56. The van der Waals surface area contributed by atoms with Crippen LogP contribution in [-0.4, -0.2) is 25.2 Å². The van der Waals surface area contributed by atoms with Gasteiger partial charge in [0.2, 0.25) is 0 Å². The minimum atomic E-state index is -4.05. The number of hydrogen-bond acceptors (Lipinski definition) is 3. The molecule has 1 heterocycles. The fourth-order valence-corrected chi connectivity index (χ4v) is 6.42. The SMILES string of the molecule is CC1(C)SC2(CCCC2)NC1P(=O)(O)O. The summed E-state index contributed by atoms with van der Waals surface area (Å²) in [6.45, 7) is 3.84. The van der Waals surface area contributed by atoms with E-state index in [0.29, 0.717) is 0 Å². The summed E-state index contributed by atoms with van der Waals surface area (Å²) < 4.78 is 11.0. The first-order chi connectivity index (χ1) is 6.75. The number of thioether (sulfide) groups is 1. The highest BCUT2D eigenvalue weighted by Crippen LogP contribution is 2.60. The maximum absolute atomic E-state index is 11.4. The molecule has 0 bridgehead atoms. The van der Waals surface area contributed by atoms with Gasteiger partial charge in [-0.2, -0.15) is 0 Å². The van der Waals surface area contributed by atoms with Crippen LogP contribution in [0.25, 0.3) is 0 Å². The van der Waals surface area contributed by atoms with Crippen LogP contribution in [0.1, 0.15) is 39.5 Å². The van der Waals surface area contributed by atoms with E-state index in [1.807, 2.05) is 13.8 Å². The van der Waals surface area contributed by atoms with E-state index in [9.17, 15) is 14.4 Å². The second kappa shape index (κ2) is 3.47. The van der Waals surface area contributed by atoms with Crippen molar-refractivity contribution in [3.05, 3.63) is 0 Å². The zero-order chi connectivity index (χ0) is 11.3. The lowest BCUT2D eigenvalue weighted by Gasteiger charge is -2.25. The van der Waals surface area contributed by atoms with Crippen molar-refractivity contribution in [2.24, 2.45) is 0 Å². The Hall–Kier alpha value is 0.460. The second-order valence-electron chi connectivity index (χ2n) is 5.04. The van der Waals surface area contributed by atoms with Crippen molar-refractivity contribution in [2.75, 3.05) is 0 Å². The highest BCUT2D eigenvalue weighted by atomic mass is 32.2. The van der Waals surface area contributed by atoms with Gasteiger partial charge in [-0.15, -0.1) is 11.8 Å². The summed E-state index contributed by atoms with van der Waals surface area (Å²) in [7, 11) is -4.05. The molecule has 0 aromatic heterocycles. The van der Waals surface area contributed by atoms with Crippen LogP contribution in [0.2, 0.25) is 0 Å². The summed E-state index contributed by atoms with van der Waals surface area (Å²) >= 11 is 1.71. The molecule has 0 aromatic rings. The van der Waals surface area contributed by atoms with E-state index in [0.717, 1.165) is 25.7 Å². The summed E-state index contributed by atoms with van der Waals surface area (Å²) in [4.78, 5) is 18.6. The summed E-state index contributed by atoms with van der Waals surface area (Å²) in [6, 6.07) is 0. The first-order valence-electron chi connectivity index (χ1n) is 5.28. The van der Waals surface area contributed by atoms with Crippen molar-refractivity contribution < 1.29 is 14.4 Å². The minimum Gasteiger partial charge on any atom is -0.323 e. The Morgan fingerprint density at radius 1 is 1.33 bits per heavy atom. The molecule has 4 nitrogen and oxygen atoms in total. The van der Waals surface area contributed by atoms with Crippen LogP contribution in [0.4, 0.5) is 0 Å². The lowest BCUT2D eigenvalue weighted by molar-refractivity contribution is 0.326. The van der Waals surface area contributed by atoms with Crippen LogP contribution >= 0.6 is 19.4 Å². The van der Waals surface area contributed by atoms with Crippen LogP contribution in [0.5, 0.6) is 0 Å². The van der Waals surface area contributed by atoms with Crippen LogP contribution in [-0.2, 0) is 4.57 Å².